The summed E-state index contributed by atoms with van der Waals surface area (Å²) in [7, 11) is 5.49. The van der Waals surface area contributed by atoms with E-state index in [4.69, 9.17) is 18.9 Å². The topological polar surface area (TPSA) is 40.2 Å². The van der Waals surface area contributed by atoms with Crippen LogP contribution in [0.4, 0.5) is 0 Å². The van der Waals surface area contributed by atoms with Gasteiger partial charge in [-0.05, 0) is 48.4 Å². The van der Waals surface area contributed by atoms with Crippen LogP contribution in [0.1, 0.15) is 22.3 Å². The van der Waals surface area contributed by atoms with Gasteiger partial charge in [0.1, 0.15) is 0 Å². The van der Waals surface area contributed by atoms with Crippen molar-refractivity contribution in [2.75, 3.05) is 34.6 Å². The lowest BCUT2D eigenvalue weighted by molar-refractivity contribution is 0.174. The fourth-order valence-corrected chi connectivity index (χ4v) is 3.54. The Bertz CT molecular complexity index is 860. The molecule has 0 N–H and O–H groups in total. The molecule has 136 valence electrons. The number of methoxy groups -OCH3 is 2. The summed E-state index contributed by atoms with van der Waals surface area (Å²) in [6.07, 6.45) is 5.22. The maximum Gasteiger partial charge on any atom is 0.231 e. The van der Waals surface area contributed by atoms with Gasteiger partial charge in [-0.15, -0.1) is 0 Å². The Morgan fingerprint density at radius 3 is 2.50 bits per heavy atom. The first-order chi connectivity index (χ1) is 12.7. The highest BCUT2D eigenvalue weighted by atomic mass is 16.7. The molecule has 0 saturated carbocycles. The van der Waals surface area contributed by atoms with Crippen molar-refractivity contribution in [1.29, 1.82) is 0 Å². The van der Waals surface area contributed by atoms with Gasteiger partial charge in [-0.3, -0.25) is 0 Å². The fraction of sp³-hybridized carbons (Fsp3) is 0.333. The number of hydrogen-bond acceptors (Lipinski definition) is 5. The molecule has 0 spiro atoms. The summed E-state index contributed by atoms with van der Waals surface area (Å²) < 4.78 is 22.2. The minimum Gasteiger partial charge on any atom is -0.493 e. The van der Waals surface area contributed by atoms with Crippen LogP contribution < -0.4 is 18.9 Å². The van der Waals surface area contributed by atoms with Crippen LogP contribution >= 0.6 is 0 Å². The number of benzene rings is 2. The van der Waals surface area contributed by atoms with Crippen molar-refractivity contribution in [1.82, 2.24) is 4.90 Å². The van der Waals surface area contributed by atoms with Crippen molar-refractivity contribution in [3.8, 4) is 23.0 Å². The molecule has 0 amide bonds. The van der Waals surface area contributed by atoms with Crippen molar-refractivity contribution in [2.45, 2.75) is 13.0 Å². The zero-order valence-electron chi connectivity index (χ0n) is 15.4. The minimum atomic E-state index is 0.293. The number of hydrogen-bond donors (Lipinski definition) is 0. The molecule has 5 nitrogen and oxygen atoms in total. The highest BCUT2D eigenvalue weighted by molar-refractivity contribution is 5.76. The number of rotatable bonds is 2. The largest absolute Gasteiger partial charge is 0.493 e. The summed E-state index contributed by atoms with van der Waals surface area (Å²) in [6, 6.07) is 8.20. The van der Waals surface area contributed by atoms with Crippen LogP contribution in [0.25, 0.3) is 12.2 Å². The first-order valence-corrected chi connectivity index (χ1v) is 8.72. The summed E-state index contributed by atoms with van der Waals surface area (Å²) in [5, 5.41) is 0. The molecule has 0 aliphatic carbocycles. The molecule has 0 radical (unpaired) electrons. The van der Waals surface area contributed by atoms with Gasteiger partial charge in [-0.1, -0.05) is 18.2 Å². The lowest BCUT2D eigenvalue weighted by Gasteiger charge is -2.23. The average molecular weight is 353 g/mol. The molecule has 2 aromatic carbocycles. The molecule has 0 saturated heterocycles. The van der Waals surface area contributed by atoms with Gasteiger partial charge in [0.05, 0.1) is 14.2 Å². The smallest absolute Gasteiger partial charge is 0.231 e. The summed E-state index contributed by atoms with van der Waals surface area (Å²) >= 11 is 0. The molecular weight excluding hydrogens is 330 g/mol. The van der Waals surface area contributed by atoms with E-state index in [1.165, 1.54) is 5.56 Å². The predicted octanol–water partition coefficient (Wildman–Crippen LogP) is 3.59. The van der Waals surface area contributed by atoms with Crippen LogP contribution in [0.3, 0.4) is 0 Å². The van der Waals surface area contributed by atoms with Crippen molar-refractivity contribution >= 4 is 12.2 Å². The second kappa shape index (κ2) is 6.92. The minimum absolute atomic E-state index is 0.293. The summed E-state index contributed by atoms with van der Waals surface area (Å²) in [5.74, 6) is 3.21. The van der Waals surface area contributed by atoms with Gasteiger partial charge in [0, 0.05) is 18.7 Å². The van der Waals surface area contributed by atoms with Gasteiger partial charge < -0.3 is 23.8 Å². The average Bonchev–Trinajstić information content (AvgIpc) is 3.11. The lowest BCUT2D eigenvalue weighted by atomic mass is 9.98. The van der Waals surface area contributed by atoms with Crippen LogP contribution in [0, 0.1) is 0 Å². The standard InChI is InChI=1S/C21H23NO4/c1-22-9-8-16-11-20-19(25-13-26-20)10-15(16)5-4-14-6-7-18(23-2)21(24-3)17(14)12-22/h4-7,10-11H,8-9,12-13H2,1-3H3/b5-4-. The summed E-state index contributed by atoms with van der Waals surface area (Å²) in [5.41, 5.74) is 4.68. The van der Waals surface area contributed by atoms with E-state index in [1.54, 1.807) is 14.2 Å². The molecule has 2 heterocycles. The predicted molar refractivity (Wildman–Crippen MR) is 101 cm³/mol. The maximum atomic E-state index is 5.66. The molecule has 0 bridgehead atoms. The molecule has 2 aromatic rings. The van der Waals surface area contributed by atoms with Gasteiger partial charge in [0.25, 0.3) is 0 Å². The summed E-state index contributed by atoms with van der Waals surface area (Å²) in [4.78, 5) is 2.30. The molecule has 0 unspecified atom stereocenters. The number of fused-ring (bicyclic) bond motifs is 3. The normalized spacial score (nSPS) is 17.2. The third-order valence-electron chi connectivity index (χ3n) is 4.95. The second-order valence-electron chi connectivity index (χ2n) is 6.59. The number of nitrogens with zero attached hydrogens (tertiary/aromatic N) is 1. The van der Waals surface area contributed by atoms with Crippen molar-refractivity contribution in [3.63, 3.8) is 0 Å². The molecule has 0 atom stereocenters. The van der Waals surface area contributed by atoms with Gasteiger partial charge >= 0.3 is 0 Å². The van der Waals surface area contributed by atoms with E-state index in [1.807, 2.05) is 6.07 Å². The van der Waals surface area contributed by atoms with Crippen LogP contribution in [0.15, 0.2) is 24.3 Å². The Hall–Kier alpha value is -2.66. The Morgan fingerprint density at radius 1 is 0.962 bits per heavy atom. The van der Waals surface area contributed by atoms with Gasteiger partial charge in [0.15, 0.2) is 23.0 Å². The van der Waals surface area contributed by atoms with Crippen LogP contribution in [0.2, 0.25) is 0 Å². The van der Waals surface area contributed by atoms with Crippen LogP contribution in [0.5, 0.6) is 23.0 Å². The fourth-order valence-electron chi connectivity index (χ4n) is 3.54. The zero-order chi connectivity index (χ0) is 18.1. The van der Waals surface area contributed by atoms with Crippen molar-refractivity contribution in [3.05, 3.63) is 46.5 Å². The Labute approximate surface area is 153 Å². The van der Waals surface area contributed by atoms with Crippen LogP contribution in [-0.4, -0.2) is 39.5 Å². The van der Waals surface area contributed by atoms with E-state index < -0.39 is 0 Å². The third kappa shape index (κ3) is 2.99. The molecule has 2 aliphatic heterocycles. The molecule has 0 fully saturated rings. The number of likely N-dealkylation sites (N-methyl/N-ethyl adjacent to an activating group) is 1. The van der Waals surface area contributed by atoms with Gasteiger partial charge in [-0.25, -0.2) is 0 Å². The molecule has 0 aromatic heterocycles. The van der Waals surface area contributed by atoms with E-state index >= 15 is 0 Å². The Balaban J connectivity index is 1.83. The summed E-state index contributed by atoms with van der Waals surface area (Å²) in [6.45, 7) is 2.02. The van der Waals surface area contributed by atoms with Crippen molar-refractivity contribution in [2.24, 2.45) is 0 Å². The highest BCUT2D eigenvalue weighted by Crippen LogP contribution is 2.38. The monoisotopic (exact) mass is 353 g/mol. The van der Waals surface area contributed by atoms with E-state index in [9.17, 15) is 0 Å². The first kappa shape index (κ1) is 16.8. The third-order valence-corrected chi connectivity index (χ3v) is 4.95. The molecular formula is C21H23NO4. The van der Waals surface area contributed by atoms with Crippen LogP contribution in [-0.2, 0) is 13.0 Å². The molecule has 4 rings (SSSR count). The second-order valence-corrected chi connectivity index (χ2v) is 6.59. The van der Waals surface area contributed by atoms with E-state index in [0.717, 1.165) is 59.2 Å². The quantitative estimate of drug-likeness (QED) is 0.825. The van der Waals surface area contributed by atoms with E-state index in [2.05, 4.69) is 42.3 Å². The van der Waals surface area contributed by atoms with Gasteiger partial charge in [0.2, 0.25) is 6.79 Å². The maximum absolute atomic E-state index is 5.66. The Morgan fingerprint density at radius 2 is 1.73 bits per heavy atom. The lowest BCUT2D eigenvalue weighted by Crippen LogP contribution is -2.22. The van der Waals surface area contributed by atoms with Gasteiger partial charge in [-0.2, -0.15) is 0 Å². The molecule has 26 heavy (non-hydrogen) atoms. The molecule has 5 heteroatoms. The molecule has 2 aliphatic rings. The first-order valence-electron chi connectivity index (χ1n) is 8.72. The van der Waals surface area contributed by atoms with E-state index in [0.29, 0.717) is 6.79 Å². The Kier molecular flexibility index (Phi) is 4.47. The SMILES string of the molecule is COc1ccc2c(c1OC)CN(C)CCc1cc3c(cc1/C=C\2)OCO3. The highest BCUT2D eigenvalue weighted by Gasteiger charge is 2.19. The zero-order valence-corrected chi connectivity index (χ0v) is 15.4. The van der Waals surface area contributed by atoms with Crippen molar-refractivity contribution < 1.29 is 18.9 Å². The number of ether oxygens (including phenoxy) is 4. The van der Waals surface area contributed by atoms with E-state index in [-0.39, 0.29) is 0 Å².